The number of carbonyl (C=O) groups excluding carboxylic acids is 1. The van der Waals surface area contributed by atoms with Crippen molar-refractivity contribution in [1.82, 2.24) is 4.90 Å². The first kappa shape index (κ1) is 10.6. The summed E-state index contributed by atoms with van der Waals surface area (Å²) >= 11 is 0. The molecule has 0 bridgehead atoms. The van der Waals surface area contributed by atoms with Crippen molar-refractivity contribution in [2.75, 3.05) is 13.1 Å². The van der Waals surface area contributed by atoms with E-state index in [0.717, 1.165) is 11.3 Å². The van der Waals surface area contributed by atoms with Crippen LogP contribution in [0.3, 0.4) is 0 Å². The van der Waals surface area contributed by atoms with Crippen molar-refractivity contribution in [3.63, 3.8) is 0 Å². The molecule has 2 aliphatic rings. The summed E-state index contributed by atoms with van der Waals surface area (Å²) in [6, 6.07) is 7.74. The summed E-state index contributed by atoms with van der Waals surface area (Å²) in [6.07, 6.45) is 0.535. The van der Waals surface area contributed by atoms with Crippen LogP contribution in [0, 0.1) is 0 Å². The maximum Gasteiger partial charge on any atom is 0.264 e. The summed E-state index contributed by atoms with van der Waals surface area (Å²) < 4.78 is 5.64. The van der Waals surface area contributed by atoms with Crippen molar-refractivity contribution in [3.8, 4) is 5.75 Å². The average molecular weight is 233 g/mol. The van der Waals surface area contributed by atoms with Crippen LogP contribution < -0.4 is 4.74 Å². The topological polar surface area (TPSA) is 49.8 Å². The molecule has 3 rings (SSSR count). The molecule has 2 atom stereocenters. The standard InChI is InChI=1S/C13H15NO3/c15-10-5-6-14(8-10)13(16)12-7-9-3-1-2-4-11(9)17-12/h1-4,10,12,15H,5-8H2/t10-,12?/m1/s1. The molecular weight excluding hydrogens is 218 g/mol. The molecule has 1 aromatic rings. The first-order valence-electron chi connectivity index (χ1n) is 5.95. The van der Waals surface area contributed by atoms with Gasteiger partial charge in [-0.15, -0.1) is 0 Å². The lowest BCUT2D eigenvalue weighted by atomic mass is 10.1. The van der Waals surface area contributed by atoms with E-state index in [4.69, 9.17) is 4.74 Å². The average Bonchev–Trinajstić information content (AvgIpc) is 2.93. The number of fused-ring (bicyclic) bond motifs is 1. The molecule has 0 aliphatic carbocycles. The van der Waals surface area contributed by atoms with Crippen LogP contribution >= 0.6 is 0 Å². The number of benzene rings is 1. The van der Waals surface area contributed by atoms with E-state index in [2.05, 4.69) is 0 Å². The molecule has 90 valence electrons. The first-order chi connectivity index (χ1) is 8.24. The Hall–Kier alpha value is -1.55. The third-order valence-corrected chi connectivity index (χ3v) is 3.40. The van der Waals surface area contributed by atoms with Crippen LogP contribution in [0.2, 0.25) is 0 Å². The van der Waals surface area contributed by atoms with Crippen molar-refractivity contribution in [3.05, 3.63) is 29.8 Å². The van der Waals surface area contributed by atoms with Crippen LogP contribution in [-0.4, -0.2) is 41.2 Å². The molecule has 1 fully saturated rings. The predicted molar refractivity (Wildman–Crippen MR) is 61.8 cm³/mol. The second-order valence-electron chi connectivity index (χ2n) is 4.65. The van der Waals surface area contributed by atoms with Gasteiger partial charge in [0.2, 0.25) is 0 Å². The minimum absolute atomic E-state index is 0.00208. The smallest absolute Gasteiger partial charge is 0.264 e. The zero-order valence-electron chi connectivity index (χ0n) is 9.50. The van der Waals surface area contributed by atoms with Gasteiger partial charge < -0.3 is 14.7 Å². The van der Waals surface area contributed by atoms with E-state index in [-0.39, 0.29) is 12.0 Å². The van der Waals surface area contributed by atoms with Crippen molar-refractivity contribution < 1.29 is 14.6 Å². The Morgan fingerprint density at radius 2 is 2.24 bits per heavy atom. The summed E-state index contributed by atoms with van der Waals surface area (Å²) in [7, 11) is 0. The zero-order chi connectivity index (χ0) is 11.8. The second kappa shape index (κ2) is 4.04. The lowest BCUT2D eigenvalue weighted by Gasteiger charge is -2.19. The van der Waals surface area contributed by atoms with Gasteiger partial charge in [0.25, 0.3) is 5.91 Å². The lowest BCUT2D eigenvalue weighted by Crippen LogP contribution is -2.40. The maximum absolute atomic E-state index is 12.2. The van der Waals surface area contributed by atoms with Crippen LogP contribution in [0.4, 0.5) is 0 Å². The molecule has 0 saturated carbocycles. The van der Waals surface area contributed by atoms with E-state index in [1.54, 1.807) is 4.90 Å². The van der Waals surface area contributed by atoms with E-state index < -0.39 is 6.10 Å². The number of nitrogens with zero attached hydrogens (tertiary/aromatic N) is 1. The van der Waals surface area contributed by atoms with Crippen molar-refractivity contribution >= 4 is 5.91 Å². The van der Waals surface area contributed by atoms with E-state index in [1.165, 1.54) is 0 Å². The summed E-state index contributed by atoms with van der Waals surface area (Å²) in [5, 5.41) is 9.43. The van der Waals surface area contributed by atoms with Gasteiger partial charge >= 0.3 is 0 Å². The Bertz CT molecular complexity index is 421. The number of rotatable bonds is 1. The number of para-hydroxylation sites is 1. The predicted octanol–water partition coefficient (Wildman–Crippen LogP) is 0.583. The zero-order valence-corrected chi connectivity index (χ0v) is 9.50. The normalized spacial score (nSPS) is 26.8. The second-order valence-corrected chi connectivity index (χ2v) is 4.65. The monoisotopic (exact) mass is 233 g/mol. The number of β-amino-alcohol motifs (C(OH)–C–C–N with tert-alkyl or cyclic N) is 1. The van der Waals surface area contributed by atoms with Gasteiger partial charge in [-0.2, -0.15) is 0 Å². The Labute approximate surface area is 99.8 Å². The summed E-state index contributed by atoms with van der Waals surface area (Å²) in [6.45, 7) is 1.07. The highest BCUT2D eigenvalue weighted by molar-refractivity contribution is 5.83. The summed E-state index contributed by atoms with van der Waals surface area (Å²) in [5.41, 5.74) is 1.09. The fraction of sp³-hybridized carbons (Fsp3) is 0.462. The molecule has 0 spiro atoms. The Balaban J connectivity index is 1.70. The first-order valence-corrected chi connectivity index (χ1v) is 5.95. The largest absolute Gasteiger partial charge is 0.480 e. The number of carbonyl (C=O) groups is 1. The van der Waals surface area contributed by atoms with Crippen LogP contribution in [0.5, 0.6) is 5.75 Å². The van der Waals surface area contributed by atoms with Crippen LogP contribution in [0.25, 0.3) is 0 Å². The molecule has 4 heteroatoms. The minimum Gasteiger partial charge on any atom is -0.480 e. The molecular formula is C13H15NO3. The van der Waals surface area contributed by atoms with Gasteiger partial charge in [0, 0.05) is 19.5 Å². The number of ether oxygens (including phenoxy) is 1. The fourth-order valence-corrected chi connectivity index (χ4v) is 2.47. The highest BCUT2D eigenvalue weighted by Gasteiger charge is 2.34. The number of amides is 1. The maximum atomic E-state index is 12.2. The van der Waals surface area contributed by atoms with E-state index in [0.29, 0.717) is 25.9 Å². The molecule has 1 N–H and O–H groups in total. The highest BCUT2D eigenvalue weighted by Crippen LogP contribution is 2.29. The third kappa shape index (κ3) is 1.89. The molecule has 2 heterocycles. The molecule has 2 aliphatic heterocycles. The van der Waals surface area contributed by atoms with E-state index in [9.17, 15) is 9.90 Å². The van der Waals surface area contributed by atoms with Gasteiger partial charge in [-0.1, -0.05) is 18.2 Å². The molecule has 0 radical (unpaired) electrons. The number of hydrogen-bond donors (Lipinski definition) is 1. The molecule has 4 nitrogen and oxygen atoms in total. The van der Waals surface area contributed by atoms with Gasteiger partial charge in [-0.05, 0) is 18.1 Å². The molecule has 17 heavy (non-hydrogen) atoms. The van der Waals surface area contributed by atoms with Crippen molar-refractivity contribution in [1.29, 1.82) is 0 Å². The van der Waals surface area contributed by atoms with Gasteiger partial charge in [-0.25, -0.2) is 0 Å². The number of aliphatic hydroxyl groups excluding tert-OH is 1. The molecule has 1 amide bonds. The lowest BCUT2D eigenvalue weighted by molar-refractivity contribution is -0.137. The number of likely N-dealkylation sites (tertiary alicyclic amines) is 1. The quantitative estimate of drug-likeness (QED) is 0.772. The van der Waals surface area contributed by atoms with Crippen LogP contribution in [0.15, 0.2) is 24.3 Å². The molecule has 0 aromatic heterocycles. The van der Waals surface area contributed by atoms with Gasteiger partial charge in [-0.3, -0.25) is 4.79 Å². The van der Waals surface area contributed by atoms with E-state index in [1.807, 2.05) is 24.3 Å². The fourth-order valence-electron chi connectivity index (χ4n) is 2.47. The number of hydrogen-bond acceptors (Lipinski definition) is 3. The van der Waals surface area contributed by atoms with Crippen LogP contribution in [0.1, 0.15) is 12.0 Å². The van der Waals surface area contributed by atoms with Crippen molar-refractivity contribution in [2.45, 2.75) is 25.0 Å². The minimum atomic E-state index is -0.405. The van der Waals surface area contributed by atoms with Crippen LogP contribution in [-0.2, 0) is 11.2 Å². The SMILES string of the molecule is O=C(C1Cc2ccccc2O1)N1CC[C@@H](O)C1. The van der Waals surface area contributed by atoms with Gasteiger partial charge in [0.15, 0.2) is 6.10 Å². The van der Waals surface area contributed by atoms with E-state index >= 15 is 0 Å². The molecule has 1 aromatic carbocycles. The van der Waals surface area contributed by atoms with Gasteiger partial charge in [0.05, 0.1) is 6.10 Å². The highest BCUT2D eigenvalue weighted by atomic mass is 16.5. The molecule has 1 unspecified atom stereocenters. The molecule has 1 saturated heterocycles. The Morgan fingerprint density at radius 3 is 2.94 bits per heavy atom. The number of aliphatic hydroxyl groups is 1. The summed E-state index contributed by atoms with van der Waals surface area (Å²) in [5.74, 6) is 0.809. The van der Waals surface area contributed by atoms with Gasteiger partial charge in [0.1, 0.15) is 5.75 Å². The van der Waals surface area contributed by atoms with Crippen molar-refractivity contribution in [2.24, 2.45) is 0 Å². The third-order valence-electron chi connectivity index (χ3n) is 3.40. The Morgan fingerprint density at radius 1 is 1.41 bits per heavy atom. The summed E-state index contributed by atoms with van der Waals surface area (Å²) in [4.78, 5) is 13.8. The Kier molecular flexibility index (Phi) is 2.52.